The van der Waals surface area contributed by atoms with Gasteiger partial charge in [0.25, 0.3) is 11.8 Å². The zero-order chi connectivity index (χ0) is 8.85. The first-order valence-electron chi connectivity index (χ1n) is 3.34. The van der Waals surface area contributed by atoms with E-state index in [1.54, 1.807) is 13.8 Å². The van der Waals surface area contributed by atoms with Gasteiger partial charge in [0.15, 0.2) is 0 Å². The molecule has 2 amide bonds. The van der Waals surface area contributed by atoms with Crippen LogP contribution in [-0.2, 0) is 13.9 Å². The van der Waals surface area contributed by atoms with Crippen molar-refractivity contribution in [2.75, 3.05) is 0 Å². The second-order valence-electron chi connectivity index (χ2n) is 1.87. The maximum absolute atomic E-state index is 10.9. The van der Waals surface area contributed by atoms with E-state index in [0.717, 1.165) is 0 Å². The number of thiol groups is 1. The van der Waals surface area contributed by atoms with E-state index in [1.807, 2.05) is 0 Å². The number of nitrogens with zero attached hydrogens (tertiary/aromatic N) is 1. The summed E-state index contributed by atoms with van der Waals surface area (Å²) in [4.78, 5) is 21.7. The van der Waals surface area contributed by atoms with Gasteiger partial charge in [0.2, 0.25) is 0 Å². The minimum Gasteiger partial charge on any atom is -0.272 e. The summed E-state index contributed by atoms with van der Waals surface area (Å²) in [5.41, 5.74) is 0. The Balaban J connectivity index is 4.15. The number of imide groups is 1. The highest BCUT2D eigenvalue weighted by Gasteiger charge is 2.17. The van der Waals surface area contributed by atoms with Crippen molar-refractivity contribution in [2.24, 2.45) is 0 Å². The van der Waals surface area contributed by atoms with Crippen molar-refractivity contribution in [3.8, 4) is 0 Å². The van der Waals surface area contributed by atoms with Crippen LogP contribution in [0, 0.1) is 0 Å². The van der Waals surface area contributed by atoms with Crippen LogP contribution in [0.15, 0.2) is 0 Å². The molecule has 0 atom stereocenters. The van der Waals surface area contributed by atoms with Gasteiger partial charge in [0.1, 0.15) is 0 Å². The Morgan fingerprint density at radius 2 is 1.64 bits per heavy atom. The topological polar surface area (TPSA) is 46.6 Å². The summed E-state index contributed by atoms with van der Waals surface area (Å²) in [5.74, 6) is -0.765. The molecule has 0 bridgehead atoms. The molecule has 64 valence electrons. The summed E-state index contributed by atoms with van der Waals surface area (Å²) in [5, 5.41) is 0.656. The van der Waals surface area contributed by atoms with Gasteiger partial charge in [0.05, 0.1) is 0 Å². The van der Waals surface area contributed by atoms with Crippen molar-refractivity contribution in [2.45, 2.75) is 26.7 Å². The lowest BCUT2D eigenvalue weighted by atomic mass is 10.4. The van der Waals surface area contributed by atoms with Crippen LogP contribution < -0.4 is 0 Å². The van der Waals surface area contributed by atoms with Gasteiger partial charge < -0.3 is 0 Å². The molecule has 0 aliphatic rings. The lowest BCUT2D eigenvalue weighted by molar-refractivity contribution is -0.168. The van der Waals surface area contributed by atoms with E-state index in [9.17, 15) is 9.59 Å². The van der Waals surface area contributed by atoms with E-state index < -0.39 is 0 Å². The molecule has 0 spiro atoms. The maximum atomic E-state index is 10.9. The number of hydrogen-bond acceptors (Lipinski definition) is 4. The zero-order valence-corrected chi connectivity index (χ0v) is 7.43. The van der Waals surface area contributed by atoms with Gasteiger partial charge in [-0.1, -0.05) is 13.8 Å². The second-order valence-corrected chi connectivity index (χ2v) is 2.03. The standard InChI is InChI=1S/C6H11NO3S/c1-3-5(8)7(10-11)6(9)4-2/h11H,3-4H2,1-2H3. The molecule has 0 aromatic rings. The minimum atomic E-state index is -0.383. The molecule has 4 nitrogen and oxygen atoms in total. The summed E-state index contributed by atoms with van der Waals surface area (Å²) < 4.78 is 4.28. The highest BCUT2D eigenvalue weighted by atomic mass is 32.1. The zero-order valence-electron chi connectivity index (χ0n) is 6.53. The average Bonchev–Trinajstić information content (AvgIpc) is 2.05. The van der Waals surface area contributed by atoms with Crippen LogP contribution in [0.1, 0.15) is 26.7 Å². The Morgan fingerprint density at radius 1 is 1.27 bits per heavy atom. The summed E-state index contributed by atoms with van der Waals surface area (Å²) in [6, 6.07) is 0. The molecule has 0 aliphatic heterocycles. The molecular weight excluding hydrogens is 166 g/mol. The molecule has 0 heterocycles. The lowest BCUT2D eigenvalue weighted by Crippen LogP contribution is -2.33. The monoisotopic (exact) mass is 177 g/mol. The predicted octanol–water partition coefficient (Wildman–Crippen LogP) is 0.938. The summed E-state index contributed by atoms with van der Waals surface area (Å²) >= 11 is 3.39. The van der Waals surface area contributed by atoms with Crippen molar-refractivity contribution in [1.82, 2.24) is 5.06 Å². The van der Waals surface area contributed by atoms with E-state index in [2.05, 4.69) is 17.2 Å². The number of carbonyl (C=O) groups excluding carboxylic acids is 2. The molecule has 5 heteroatoms. The molecule has 0 fully saturated rings. The summed E-state index contributed by atoms with van der Waals surface area (Å²) in [6.45, 7) is 3.29. The Labute approximate surface area is 71.1 Å². The molecule has 11 heavy (non-hydrogen) atoms. The van der Waals surface area contributed by atoms with Gasteiger partial charge in [-0.25, -0.2) is 0 Å². The molecule has 0 aromatic carbocycles. The second kappa shape index (κ2) is 5.15. The number of amides is 2. The van der Waals surface area contributed by atoms with Crippen molar-refractivity contribution in [3.63, 3.8) is 0 Å². The number of hydrogen-bond donors (Lipinski definition) is 1. The first kappa shape index (κ1) is 10.4. The fraction of sp³-hybridized carbons (Fsp3) is 0.667. The van der Waals surface area contributed by atoms with E-state index in [4.69, 9.17) is 0 Å². The Morgan fingerprint density at radius 3 is 1.82 bits per heavy atom. The molecule has 0 saturated carbocycles. The summed E-state index contributed by atoms with van der Waals surface area (Å²) in [6.07, 6.45) is 0.457. The van der Waals surface area contributed by atoms with Gasteiger partial charge >= 0.3 is 0 Å². The Kier molecular flexibility index (Phi) is 4.89. The molecule has 0 N–H and O–H groups in total. The van der Waals surface area contributed by atoms with Gasteiger partial charge in [-0.2, -0.15) is 4.28 Å². The molecule has 0 saturated heterocycles. The highest BCUT2D eigenvalue weighted by Crippen LogP contribution is 2.00. The largest absolute Gasteiger partial charge is 0.272 e. The molecule has 0 aromatic heterocycles. The first-order chi connectivity index (χ1) is 5.17. The van der Waals surface area contributed by atoms with Crippen molar-refractivity contribution in [3.05, 3.63) is 0 Å². The third kappa shape index (κ3) is 2.90. The third-order valence-corrected chi connectivity index (χ3v) is 1.30. The van der Waals surface area contributed by atoms with Gasteiger partial charge in [0, 0.05) is 25.8 Å². The van der Waals surface area contributed by atoms with E-state index >= 15 is 0 Å². The van der Waals surface area contributed by atoms with Crippen LogP contribution in [0.3, 0.4) is 0 Å². The third-order valence-electron chi connectivity index (χ3n) is 1.14. The lowest BCUT2D eigenvalue weighted by Gasteiger charge is -2.13. The van der Waals surface area contributed by atoms with Crippen LogP contribution in [-0.4, -0.2) is 16.9 Å². The van der Waals surface area contributed by atoms with Crippen LogP contribution in [0.5, 0.6) is 0 Å². The van der Waals surface area contributed by atoms with E-state index in [-0.39, 0.29) is 24.7 Å². The smallest absolute Gasteiger partial charge is 0.254 e. The predicted molar refractivity (Wildman–Crippen MR) is 42.5 cm³/mol. The molecule has 0 radical (unpaired) electrons. The van der Waals surface area contributed by atoms with Crippen molar-refractivity contribution in [1.29, 1.82) is 0 Å². The quantitative estimate of drug-likeness (QED) is 0.396. The van der Waals surface area contributed by atoms with Crippen molar-refractivity contribution >= 4 is 24.7 Å². The van der Waals surface area contributed by atoms with Crippen molar-refractivity contribution < 1.29 is 13.9 Å². The fourth-order valence-corrected chi connectivity index (χ4v) is 0.700. The number of hydroxylamine groups is 2. The molecule has 0 aliphatic carbocycles. The Bertz CT molecular complexity index is 144. The van der Waals surface area contributed by atoms with Gasteiger partial charge in [-0.05, 0) is 0 Å². The SMILES string of the molecule is CCC(=O)N(OS)C(=O)CC. The number of carbonyl (C=O) groups is 2. The van der Waals surface area contributed by atoms with Crippen LogP contribution in [0.25, 0.3) is 0 Å². The fourth-order valence-electron chi connectivity index (χ4n) is 0.517. The average molecular weight is 177 g/mol. The van der Waals surface area contributed by atoms with Crippen LogP contribution in [0.4, 0.5) is 0 Å². The minimum absolute atomic E-state index is 0.228. The van der Waals surface area contributed by atoms with E-state index in [1.165, 1.54) is 0 Å². The molecular formula is C6H11NO3S. The molecule has 0 unspecified atom stereocenters. The van der Waals surface area contributed by atoms with Crippen LogP contribution >= 0.6 is 12.9 Å². The highest BCUT2D eigenvalue weighted by molar-refractivity contribution is 7.75. The Hall–Kier alpha value is -0.550. The van der Waals surface area contributed by atoms with Gasteiger partial charge in [-0.15, -0.1) is 5.06 Å². The first-order valence-corrected chi connectivity index (χ1v) is 3.71. The number of rotatable bonds is 3. The molecule has 0 rings (SSSR count). The normalized spacial score (nSPS) is 9.36. The van der Waals surface area contributed by atoms with E-state index in [0.29, 0.717) is 5.06 Å². The van der Waals surface area contributed by atoms with Crippen LogP contribution in [0.2, 0.25) is 0 Å². The van der Waals surface area contributed by atoms with Gasteiger partial charge in [-0.3, -0.25) is 9.59 Å². The maximum Gasteiger partial charge on any atom is 0.254 e. The summed E-state index contributed by atoms with van der Waals surface area (Å²) in [7, 11) is 0.